The number of aliphatic hydroxyl groups is 1. The number of rotatable bonds is 4. The Morgan fingerprint density at radius 1 is 1.19 bits per heavy atom. The molecule has 1 fully saturated rings. The van der Waals surface area contributed by atoms with Gasteiger partial charge in [0.1, 0.15) is 5.69 Å². The van der Waals surface area contributed by atoms with Crippen LogP contribution in [0.2, 0.25) is 0 Å². The van der Waals surface area contributed by atoms with Crippen molar-refractivity contribution in [2.45, 2.75) is 24.8 Å². The third kappa shape index (κ3) is 3.67. The lowest BCUT2D eigenvalue weighted by molar-refractivity contribution is 0.0692. The number of aromatic nitrogens is 1. The Hall–Kier alpha value is -2.16. The van der Waals surface area contributed by atoms with Crippen molar-refractivity contribution in [2.24, 2.45) is 0 Å². The Morgan fingerprint density at radius 3 is 2.46 bits per heavy atom. The summed E-state index contributed by atoms with van der Waals surface area (Å²) in [5.74, 6) is -0.190. The van der Waals surface area contributed by atoms with Gasteiger partial charge in [-0.2, -0.15) is 4.31 Å². The fraction of sp³-hybridized carbons (Fsp3) is 0.389. The van der Waals surface area contributed by atoms with E-state index in [9.17, 15) is 18.3 Å². The maximum absolute atomic E-state index is 12.8. The van der Waals surface area contributed by atoms with E-state index in [0.29, 0.717) is 24.3 Å². The number of hydrogen-bond donors (Lipinski definition) is 2. The van der Waals surface area contributed by atoms with E-state index in [4.69, 9.17) is 0 Å². The van der Waals surface area contributed by atoms with Crippen molar-refractivity contribution in [1.29, 1.82) is 0 Å². The Kier molecular flexibility index (Phi) is 5.17. The summed E-state index contributed by atoms with van der Waals surface area (Å²) < 4.78 is 26.9. The molecule has 0 saturated carbocycles. The third-order valence-corrected chi connectivity index (χ3v) is 6.47. The molecule has 1 aromatic heterocycles. The van der Waals surface area contributed by atoms with Crippen LogP contribution in [-0.4, -0.2) is 59.8 Å². The molecule has 1 amide bonds. The normalized spacial score (nSPS) is 17.3. The second-order valence-electron chi connectivity index (χ2n) is 6.54. The lowest BCUT2D eigenvalue weighted by Gasteiger charge is -2.33. The largest absolute Gasteiger partial charge is 0.389 e. The average Bonchev–Trinajstić information content (AvgIpc) is 3.11. The van der Waals surface area contributed by atoms with Gasteiger partial charge in [0.05, 0.1) is 11.0 Å². The number of hydrogen-bond acceptors (Lipinski definition) is 4. The van der Waals surface area contributed by atoms with Crippen molar-refractivity contribution in [1.82, 2.24) is 14.2 Å². The number of aromatic amines is 1. The van der Waals surface area contributed by atoms with Gasteiger partial charge in [-0.25, -0.2) is 8.42 Å². The van der Waals surface area contributed by atoms with Gasteiger partial charge in [0, 0.05) is 32.4 Å². The quantitative estimate of drug-likeness (QED) is 0.845. The molecular formula is C18H23N3O4S. The zero-order valence-corrected chi connectivity index (χ0v) is 15.7. The highest BCUT2D eigenvalue weighted by atomic mass is 32.2. The lowest BCUT2D eigenvalue weighted by atomic mass is 10.2. The first kappa shape index (κ1) is 18.6. The fourth-order valence-corrected chi connectivity index (χ4v) is 4.53. The topological polar surface area (TPSA) is 93.7 Å². The predicted molar refractivity (Wildman–Crippen MR) is 97.3 cm³/mol. The number of nitrogens with one attached hydrogen (secondary N) is 1. The van der Waals surface area contributed by atoms with Crippen LogP contribution >= 0.6 is 0 Å². The highest BCUT2D eigenvalue weighted by molar-refractivity contribution is 7.89. The van der Waals surface area contributed by atoms with Gasteiger partial charge < -0.3 is 15.0 Å². The molecule has 0 spiro atoms. The Labute approximate surface area is 153 Å². The van der Waals surface area contributed by atoms with E-state index in [1.54, 1.807) is 42.3 Å². The molecule has 0 aliphatic carbocycles. The summed E-state index contributed by atoms with van der Waals surface area (Å²) in [6.07, 6.45) is 0.959. The number of sulfonamides is 1. The number of aryl methyl sites for hydroxylation is 1. The van der Waals surface area contributed by atoms with E-state index in [2.05, 4.69) is 4.98 Å². The summed E-state index contributed by atoms with van der Waals surface area (Å²) in [4.78, 5) is 17.3. The highest BCUT2D eigenvalue weighted by Gasteiger charge is 2.30. The van der Waals surface area contributed by atoms with E-state index in [1.807, 2.05) is 13.0 Å². The van der Waals surface area contributed by atoms with Crippen molar-refractivity contribution in [3.8, 4) is 0 Å². The number of piperazine rings is 1. The predicted octanol–water partition coefficient (Wildman–Crippen LogP) is 1.52. The summed E-state index contributed by atoms with van der Waals surface area (Å²) >= 11 is 0. The first-order valence-corrected chi connectivity index (χ1v) is 9.95. The van der Waals surface area contributed by atoms with E-state index >= 15 is 0 Å². The number of amides is 1. The monoisotopic (exact) mass is 377 g/mol. The molecule has 3 rings (SSSR count). The Balaban J connectivity index is 1.67. The molecule has 7 nitrogen and oxygen atoms in total. The molecule has 0 bridgehead atoms. The minimum Gasteiger partial charge on any atom is -0.389 e. The molecular weight excluding hydrogens is 354 g/mol. The number of carbonyl (C=O) groups excluding carboxylic acids is 1. The van der Waals surface area contributed by atoms with Crippen molar-refractivity contribution < 1.29 is 18.3 Å². The molecule has 2 heterocycles. The maximum Gasteiger partial charge on any atom is 0.270 e. The van der Waals surface area contributed by atoms with Crippen LogP contribution in [0.3, 0.4) is 0 Å². The van der Waals surface area contributed by atoms with Gasteiger partial charge in [-0.3, -0.25) is 4.79 Å². The van der Waals surface area contributed by atoms with Crippen molar-refractivity contribution in [3.63, 3.8) is 0 Å². The molecule has 2 N–H and O–H groups in total. The minimum absolute atomic E-state index is 0.190. The summed E-state index contributed by atoms with van der Waals surface area (Å²) in [6.45, 7) is 4.65. The number of nitrogens with zero attached hydrogens (tertiary/aromatic N) is 2. The van der Waals surface area contributed by atoms with Crippen molar-refractivity contribution >= 4 is 15.9 Å². The van der Waals surface area contributed by atoms with Gasteiger partial charge in [-0.1, -0.05) is 12.1 Å². The van der Waals surface area contributed by atoms with Gasteiger partial charge in [-0.05, 0) is 43.2 Å². The van der Waals surface area contributed by atoms with Crippen LogP contribution < -0.4 is 0 Å². The zero-order chi connectivity index (χ0) is 18.9. The van der Waals surface area contributed by atoms with Crippen LogP contribution in [0, 0.1) is 6.92 Å². The van der Waals surface area contributed by atoms with Crippen molar-refractivity contribution in [3.05, 3.63) is 53.3 Å². The molecule has 1 saturated heterocycles. The number of H-pyrrole nitrogens is 1. The molecule has 26 heavy (non-hydrogen) atoms. The Bertz CT molecular complexity index is 897. The van der Waals surface area contributed by atoms with E-state index in [-0.39, 0.29) is 23.9 Å². The molecule has 1 aromatic carbocycles. The summed E-state index contributed by atoms with van der Waals surface area (Å²) in [5.41, 5.74) is 1.94. The average molecular weight is 377 g/mol. The number of aliphatic hydroxyl groups excluding tert-OH is 1. The number of benzene rings is 1. The third-order valence-electron chi connectivity index (χ3n) is 4.57. The molecule has 140 valence electrons. The molecule has 1 aliphatic heterocycles. The van der Waals surface area contributed by atoms with Crippen LogP contribution in [-0.2, 0) is 10.0 Å². The standard InChI is InChI=1S/C18H23N3O4S/c1-13-4-3-5-16(10-13)26(24,25)21-8-6-20(7-9-21)18(23)17-11-15(12-19-17)14(2)22/h3-5,10-12,14,19,22H,6-9H2,1-2H3/t14-/m1/s1. The summed E-state index contributed by atoms with van der Waals surface area (Å²) in [5, 5.41) is 9.56. The molecule has 0 radical (unpaired) electrons. The van der Waals surface area contributed by atoms with E-state index < -0.39 is 16.1 Å². The molecule has 1 aliphatic rings. The first-order valence-electron chi connectivity index (χ1n) is 8.51. The smallest absolute Gasteiger partial charge is 0.270 e. The van der Waals surface area contributed by atoms with Crippen LogP contribution in [0.25, 0.3) is 0 Å². The molecule has 1 atom stereocenters. The van der Waals surface area contributed by atoms with E-state index in [0.717, 1.165) is 5.56 Å². The van der Waals surface area contributed by atoms with Gasteiger partial charge in [-0.15, -0.1) is 0 Å². The molecule has 0 unspecified atom stereocenters. The van der Waals surface area contributed by atoms with Gasteiger partial charge in [0.2, 0.25) is 10.0 Å². The van der Waals surface area contributed by atoms with Crippen LogP contribution in [0.1, 0.15) is 34.6 Å². The van der Waals surface area contributed by atoms with Crippen LogP contribution in [0.4, 0.5) is 0 Å². The fourth-order valence-electron chi connectivity index (χ4n) is 3.00. The van der Waals surface area contributed by atoms with Gasteiger partial charge in [0.25, 0.3) is 5.91 Å². The summed E-state index contributed by atoms with van der Waals surface area (Å²) in [7, 11) is -3.55. The van der Waals surface area contributed by atoms with E-state index in [1.165, 1.54) is 4.31 Å². The lowest BCUT2D eigenvalue weighted by Crippen LogP contribution is -2.50. The zero-order valence-electron chi connectivity index (χ0n) is 14.8. The van der Waals surface area contributed by atoms with Crippen LogP contribution in [0.5, 0.6) is 0 Å². The van der Waals surface area contributed by atoms with Crippen LogP contribution in [0.15, 0.2) is 41.4 Å². The van der Waals surface area contributed by atoms with Crippen molar-refractivity contribution in [2.75, 3.05) is 26.2 Å². The minimum atomic E-state index is -3.55. The van der Waals surface area contributed by atoms with Gasteiger partial charge >= 0.3 is 0 Å². The molecule has 8 heteroatoms. The first-order chi connectivity index (χ1) is 12.3. The SMILES string of the molecule is Cc1cccc(S(=O)(=O)N2CCN(C(=O)c3cc([C@@H](C)O)c[nH]3)CC2)c1. The molecule has 2 aromatic rings. The Morgan fingerprint density at radius 2 is 1.88 bits per heavy atom. The second-order valence-corrected chi connectivity index (χ2v) is 8.47. The maximum atomic E-state index is 12.8. The number of carbonyl (C=O) groups is 1. The highest BCUT2D eigenvalue weighted by Crippen LogP contribution is 2.20. The summed E-state index contributed by atoms with van der Waals surface area (Å²) in [6, 6.07) is 8.46. The van der Waals surface area contributed by atoms with Gasteiger partial charge in [0.15, 0.2) is 0 Å². The second kappa shape index (κ2) is 7.22.